The Kier molecular flexibility index (Phi) is 10.8. The number of ether oxygens (including phenoxy) is 1. The summed E-state index contributed by atoms with van der Waals surface area (Å²) >= 11 is 3.42. The summed E-state index contributed by atoms with van der Waals surface area (Å²) in [4.78, 5) is 28.6. The van der Waals surface area contributed by atoms with Crippen molar-refractivity contribution in [1.29, 1.82) is 0 Å². The van der Waals surface area contributed by atoms with Gasteiger partial charge in [-0.15, -0.1) is 0 Å². The largest absolute Gasteiger partial charge is 0.497 e. The van der Waals surface area contributed by atoms with Gasteiger partial charge in [0.2, 0.25) is 11.8 Å². The van der Waals surface area contributed by atoms with Crippen molar-refractivity contribution in [3.63, 3.8) is 0 Å². The van der Waals surface area contributed by atoms with E-state index in [1.807, 2.05) is 45.0 Å². The Hall–Kier alpha value is -3.37. The molecule has 0 aliphatic heterocycles. The lowest BCUT2D eigenvalue weighted by Crippen LogP contribution is -2.52. The van der Waals surface area contributed by atoms with Gasteiger partial charge in [0.15, 0.2) is 0 Å². The molecule has 3 rings (SSSR count). The Morgan fingerprint density at radius 2 is 1.55 bits per heavy atom. The molecule has 3 aromatic carbocycles. The minimum absolute atomic E-state index is 0.0590. The highest BCUT2D eigenvalue weighted by atomic mass is 79.9. The number of benzene rings is 3. The van der Waals surface area contributed by atoms with Crippen LogP contribution in [0.2, 0.25) is 0 Å². The second-order valence-corrected chi connectivity index (χ2v) is 12.4. The number of aryl methyl sites for hydroxylation is 1. The first-order valence-corrected chi connectivity index (χ1v) is 15.3. The van der Waals surface area contributed by atoms with Crippen molar-refractivity contribution in [1.82, 2.24) is 10.2 Å². The van der Waals surface area contributed by atoms with E-state index in [-0.39, 0.29) is 23.4 Å². The highest BCUT2D eigenvalue weighted by Gasteiger charge is 2.32. The minimum atomic E-state index is -4.13. The van der Waals surface area contributed by atoms with E-state index in [4.69, 9.17) is 4.74 Å². The van der Waals surface area contributed by atoms with Crippen molar-refractivity contribution in [3.05, 3.63) is 88.4 Å². The Morgan fingerprint density at radius 3 is 2.10 bits per heavy atom. The zero-order chi connectivity index (χ0) is 29.4. The first-order valence-electron chi connectivity index (χ1n) is 13.0. The third-order valence-corrected chi connectivity index (χ3v) is 9.00. The predicted octanol–water partition coefficient (Wildman–Crippen LogP) is 5.29. The number of halogens is 1. The lowest BCUT2D eigenvalue weighted by atomic mass is 10.1. The second kappa shape index (κ2) is 13.8. The molecular formula is C30H36BrN3O5S. The Labute approximate surface area is 245 Å². The van der Waals surface area contributed by atoms with E-state index in [2.05, 4.69) is 21.2 Å². The molecule has 0 spiro atoms. The van der Waals surface area contributed by atoms with Gasteiger partial charge in [0.05, 0.1) is 17.7 Å². The molecule has 8 nitrogen and oxygen atoms in total. The average molecular weight is 631 g/mol. The molecule has 40 heavy (non-hydrogen) atoms. The number of rotatable bonds is 12. The van der Waals surface area contributed by atoms with Gasteiger partial charge >= 0.3 is 0 Å². The summed E-state index contributed by atoms with van der Waals surface area (Å²) in [6.07, 6.45) is 0.735. The molecule has 1 N–H and O–H groups in total. The Balaban J connectivity index is 2.02. The molecule has 10 heteroatoms. The maximum Gasteiger partial charge on any atom is 0.264 e. The van der Waals surface area contributed by atoms with E-state index in [9.17, 15) is 18.0 Å². The maximum absolute atomic E-state index is 14.0. The normalized spacial score (nSPS) is 12.8. The van der Waals surface area contributed by atoms with Crippen LogP contribution in [0, 0.1) is 6.92 Å². The van der Waals surface area contributed by atoms with Crippen molar-refractivity contribution < 1.29 is 22.7 Å². The molecule has 3 aromatic rings. The maximum atomic E-state index is 14.0. The van der Waals surface area contributed by atoms with Gasteiger partial charge in [-0.3, -0.25) is 13.9 Å². The SMILES string of the molecule is CCC(C)NC(=O)C(C)N(Cc1ccc(Br)cc1)C(=O)CN(c1ccc(OC)cc1)S(=O)(=O)c1ccc(C)cc1. The van der Waals surface area contributed by atoms with Crippen LogP contribution in [-0.2, 0) is 26.2 Å². The lowest BCUT2D eigenvalue weighted by molar-refractivity contribution is -0.139. The summed E-state index contributed by atoms with van der Waals surface area (Å²) in [5, 5.41) is 2.93. The standard InChI is InChI=1S/C30H36BrN3O5S/c1-6-22(3)32-30(36)23(4)33(19-24-9-11-25(31)12-10-24)29(35)20-34(26-13-15-27(39-5)16-14-26)40(37,38)28-17-7-21(2)8-18-28/h7-18,22-23H,6,19-20H2,1-5H3,(H,32,36). The summed E-state index contributed by atoms with van der Waals surface area (Å²) in [6, 6.07) is 19.4. The van der Waals surface area contributed by atoms with E-state index in [0.29, 0.717) is 11.4 Å². The first kappa shape index (κ1) is 31.2. The minimum Gasteiger partial charge on any atom is -0.497 e. The van der Waals surface area contributed by atoms with Gasteiger partial charge in [-0.1, -0.05) is 52.7 Å². The molecule has 0 aliphatic carbocycles. The number of nitrogens with zero attached hydrogens (tertiary/aromatic N) is 2. The number of amides is 2. The van der Waals surface area contributed by atoms with E-state index >= 15 is 0 Å². The highest BCUT2D eigenvalue weighted by molar-refractivity contribution is 9.10. The molecule has 2 unspecified atom stereocenters. The van der Waals surface area contributed by atoms with Gasteiger partial charge < -0.3 is 15.0 Å². The fraction of sp³-hybridized carbons (Fsp3) is 0.333. The van der Waals surface area contributed by atoms with E-state index in [0.717, 1.165) is 26.3 Å². The van der Waals surface area contributed by atoms with E-state index in [1.54, 1.807) is 43.3 Å². The number of sulfonamides is 1. The average Bonchev–Trinajstić information content (AvgIpc) is 2.95. The Morgan fingerprint density at radius 1 is 0.950 bits per heavy atom. The summed E-state index contributed by atoms with van der Waals surface area (Å²) in [6.45, 7) is 7.00. The molecule has 0 fully saturated rings. The number of carbonyl (C=O) groups excluding carboxylic acids is 2. The molecule has 2 amide bonds. The Bertz CT molecular complexity index is 1390. The molecule has 2 atom stereocenters. The van der Waals surface area contributed by atoms with Crippen molar-refractivity contribution in [2.75, 3.05) is 18.0 Å². The van der Waals surface area contributed by atoms with Crippen molar-refractivity contribution >= 4 is 43.5 Å². The van der Waals surface area contributed by atoms with Gasteiger partial charge in [-0.2, -0.15) is 0 Å². The van der Waals surface area contributed by atoms with Crippen LogP contribution in [0.15, 0.2) is 82.2 Å². The first-order chi connectivity index (χ1) is 19.0. The number of methoxy groups -OCH3 is 1. The molecule has 0 radical (unpaired) electrons. The number of nitrogens with one attached hydrogen (secondary N) is 1. The van der Waals surface area contributed by atoms with Crippen LogP contribution >= 0.6 is 15.9 Å². The summed E-state index contributed by atoms with van der Waals surface area (Å²) in [5.41, 5.74) is 2.01. The van der Waals surface area contributed by atoms with Crippen molar-refractivity contribution in [2.24, 2.45) is 0 Å². The number of carbonyl (C=O) groups is 2. The molecule has 214 valence electrons. The molecule has 0 bridgehead atoms. The summed E-state index contributed by atoms with van der Waals surface area (Å²) < 4.78 is 35.0. The molecular weight excluding hydrogens is 594 g/mol. The zero-order valence-corrected chi connectivity index (χ0v) is 25.8. The van der Waals surface area contributed by atoms with Crippen molar-refractivity contribution in [3.8, 4) is 5.75 Å². The van der Waals surface area contributed by atoms with Gasteiger partial charge in [0.25, 0.3) is 10.0 Å². The molecule has 0 saturated heterocycles. The van der Waals surface area contributed by atoms with Crippen LogP contribution in [-0.4, -0.2) is 50.9 Å². The van der Waals surface area contributed by atoms with Crippen LogP contribution in [0.4, 0.5) is 5.69 Å². The number of hydrogen-bond acceptors (Lipinski definition) is 5. The van der Waals surface area contributed by atoms with Gasteiger partial charge in [0.1, 0.15) is 18.3 Å². The van der Waals surface area contributed by atoms with Gasteiger partial charge in [-0.05, 0) is 81.3 Å². The van der Waals surface area contributed by atoms with Crippen LogP contribution in [0.5, 0.6) is 5.75 Å². The van der Waals surface area contributed by atoms with Crippen LogP contribution in [0.3, 0.4) is 0 Å². The van der Waals surface area contributed by atoms with Crippen LogP contribution < -0.4 is 14.4 Å². The highest BCUT2D eigenvalue weighted by Crippen LogP contribution is 2.27. The number of anilines is 1. The van der Waals surface area contributed by atoms with Gasteiger partial charge in [0, 0.05) is 17.1 Å². The number of hydrogen-bond donors (Lipinski definition) is 1. The van der Waals surface area contributed by atoms with Crippen molar-refractivity contribution in [2.45, 2.75) is 57.6 Å². The quantitative estimate of drug-likeness (QED) is 0.294. The lowest BCUT2D eigenvalue weighted by Gasteiger charge is -2.32. The molecule has 0 saturated carbocycles. The van der Waals surface area contributed by atoms with E-state index in [1.165, 1.54) is 24.1 Å². The van der Waals surface area contributed by atoms with Crippen LogP contribution in [0.25, 0.3) is 0 Å². The van der Waals surface area contributed by atoms with Crippen LogP contribution in [0.1, 0.15) is 38.3 Å². The fourth-order valence-electron chi connectivity index (χ4n) is 3.95. The predicted molar refractivity (Wildman–Crippen MR) is 161 cm³/mol. The molecule has 0 heterocycles. The molecule has 0 aromatic heterocycles. The van der Waals surface area contributed by atoms with E-state index < -0.39 is 28.5 Å². The second-order valence-electron chi connectivity index (χ2n) is 9.66. The zero-order valence-electron chi connectivity index (χ0n) is 23.4. The third-order valence-electron chi connectivity index (χ3n) is 6.68. The topological polar surface area (TPSA) is 96.0 Å². The fourth-order valence-corrected chi connectivity index (χ4v) is 5.63. The van der Waals surface area contributed by atoms with Gasteiger partial charge in [-0.25, -0.2) is 8.42 Å². The molecule has 0 aliphatic rings. The third kappa shape index (κ3) is 7.85. The monoisotopic (exact) mass is 629 g/mol. The summed E-state index contributed by atoms with van der Waals surface area (Å²) in [5.74, 6) is -0.270. The summed E-state index contributed by atoms with van der Waals surface area (Å²) in [7, 11) is -2.61. The smallest absolute Gasteiger partial charge is 0.264 e.